The van der Waals surface area contributed by atoms with Crippen molar-refractivity contribution in [1.29, 1.82) is 5.41 Å². The van der Waals surface area contributed by atoms with E-state index in [9.17, 15) is 0 Å². The molecule has 0 aromatic heterocycles. The number of benzene rings is 1. The largest absolute Gasteiger partial charge is 0.388 e. The lowest BCUT2D eigenvalue weighted by Crippen LogP contribution is -2.36. The van der Waals surface area contributed by atoms with Crippen molar-refractivity contribution in [2.75, 3.05) is 23.7 Å². The topological polar surface area (TPSA) is 84.0 Å². The summed E-state index contributed by atoms with van der Waals surface area (Å²) in [7, 11) is 0. The molecule has 1 saturated carbocycles. The van der Waals surface area contributed by atoms with Crippen LogP contribution in [0.1, 0.15) is 51.9 Å². The average molecular weight is 463 g/mol. The minimum absolute atomic E-state index is 0.0693. The molecule has 6 nitrogen and oxygen atoms in total. The highest BCUT2D eigenvalue weighted by atomic mass is 15.1. The second kappa shape index (κ2) is 14.2. The first-order valence-electron chi connectivity index (χ1n) is 12.8. The van der Waals surface area contributed by atoms with Crippen LogP contribution in [0.15, 0.2) is 72.7 Å². The summed E-state index contributed by atoms with van der Waals surface area (Å²) in [5.74, 6) is 0. The third-order valence-electron chi connectivity index (χ3n) is 6.65. The van der Waals surface area contributed by atoms with Gasteiger partial charge in [-0.2, -0.15) is 0 Å². The molecule has 0 spiro atoms. The first-order valence-corrected chi connectivity index (χ1v) is 12.8. The fourth-order valence-electron chi connectivity index (χ4n) is 4.48. The zero-order valence-electron chi connectivity index (χ0n) is 20.6. The molecule has 1 aromatic carbocycles. The van der Waals surface area contributed by atoms with E-state index in [0.29, 0.717) is 12.1 Å². The van der Waals surface area contributed by atoms with Gasteiger partial charge in [0.15, 0.2) is 0 Å². The molecule has 2 aliphatic rings. The maximum atomic E-state index is 7.90. The van der Waals surface area contributed by atoms with Crippen LogP contribution in [0.4, 0.5) is 11.4 Å². The molecule has 1 aliphatic carbocycles. The Balaban J connectivity index is 1.43. The first kappa shape index (κ1) is 25.5. The summed E-state index contributed by atoms with van der Waals surface area (Å²) in [6.45, 7) is 7.75. The van der Waals surface area contributed by atoms with Gasteiger partial charge in [-0.1, -0.05) is 44.9 Å². The quantitative estimate of drug-likeness (QED) is 0.177. The fraction of sp³-hybridized carbons (Fsp3) is 0.464. The van der Waals surface area contributed by atoms with Gasteiger partial charge in [0.05, 0.1) is 17.4 Å². The predicted molar refractivity (Wildman–Crippen MR) is 146 cm³/mol. The summed E-state index contributed by atoms with van der Waals surface area (Å²) < 4.78 is 0. The van der Waals surface area contributed by atoms with Crippen molar-refractivity contribution in [2.24, 2.45) is 0 Å². The normalized spacial score (nSPS) is 20.0. The summed E-state index contributed by atoms with van der Waals surface area (Å²) >= 11 is 0. The Hall–Kier alpha value is -3.15. The molecule has 1 aliphatic heterocycles. The van der Waals surface area contributed by atoms with Gasteiger partial charge in [0.25, 0.3) is 0 Å². The van der Waals surface area contributed by atoms with Gasteiger partial charge < -0.3 is 32.0 Å². The maximum absolute atomic E-state index is 7.90. The molecule has 6 N–H and O–H groups in total. The highest BCUT2D eigenvalue weighted by Crippen LogP contribution is 2.26. The summed E-state index contributed by atoms with van der Waals surface area (Å²) in [6, 6.07) is 9.22. The van der Waals surface area contributed by atoms with Crippen LogP contribution in [0.2, 0.25) is 0 Å². The Morgan fingerprint density at radius 3 is 2.74 bits per heavy atom. The standard InChI is InChI=1S/C28H42N6/c1-3-23(13-10-17-30-25-11-6-5-7-12-25)31-18-16-24(4-2)32-20-22(19-29)28-21-33-26-14-8-9-15-27(26)34-28/h3,8-10,13-15,17,19-20,24-25,28-34H,1,4-7,11-12,16,18,21H2,2H3/b17-10-,22-20+,23-13+,29-19?. The number of fused-ring (bicyclic) bond motifs is 1. The SMILES string of the molecule is C=C/C(=C\C=C/NC1CCCCC1)NCCC(CC)N/C=C(\C=N)C1CNc2ccccc2N1. The van der Waals surface area contributed by atoms with Gasteiger partial charge in [-0.25, -0.2) is 0 Å². The minimum atomic E-state index is 0.0693. The molecule has 1 fully saturated rings. The van der Waals surface area contributed by atoms with Gasteiger partial charge in [0.1, 0.15) is 0 Å². The Morgan fingerprint density at radius 2 is 2.00 bits per heavy atom. The predicted octanol–water partition coefficient (Wildman–Crippen LogP) is 5.28. The fourth-order valence-corrected chi connectivity index (χ4v) is 4.48. The number of para-hydroxylation sites is 2. The molecule has 1 aromatic rings. The molecule has 1 heterocycles. The molecule has 34 heavy (non-hydrogen) atoms. The van der Waals surface area contributed by atoms with E-state index >= 15 is 0 Å². The van der Waals surface area contributed by atoms with Gasteiger partial charge in [0.2, 0.25) is 0 Å². The molecule has 0 radical (unpaired) electrons. The van der Waals surface area contributed by atoms with Crippen LogP contribution in [0.5, 0.6) is 0 Å². The highest BCUT2D eigenvalue weighted by Gasteiger charge is 2.19. The van der Waals surface area contributed by atoms with Gasteiger partial charge >= 0.3 is 0 Å². The van der Waals surface area contributed by atoms with Crippen molar-refractivity contribution in [1.82, 2.24) is 16.0 Å². The zero-order valence-corrected chi connectivity index (χ0v) is 20.6. The summed E-state index contributed by atoms with van der Waals surface area (Å²) in [6.07, 6.45) is 20.1. The molecule has 2 unspecified atom stereocenters. The number of anilines is 2. The number of hydrogen-bond acceptors (Lipinski definition) is 6. The van der Waals surface area contributed by atoms with Crippen LogP contribution >= 0.6 is 0 Å². The molecule has 6 heteroatoms. The van der Waals surface area contributed by atoms with Crippen LogP contribution in [0.3, 0.4) is 0 Å². The zero-order chi connectivity index (χ0) is 24.0. The van der Waals surface area contributed by atoms with E-state index in [1.165, 1.54) is 38.3 Å². The number of allylic oxidation sites excluding steroid dienone is 3. The number of hydrogen-bond donors (Lipinski definition) is 6. The number of nitrogens with one attached hydrogen (secondary N) is 6. The third kappa shape index (κ3) is 8.01. The van der Waals surface area contributed by atoms with Crippen molar-refractivity contribution in [2.45, 2.75) is 70.0 Å². The van der Waals surface area contributed by atoms with Crippen LogP contribution in [-0.4, -0.2) is 37.4 Å². The lowest BCUT2D eigenvalue weighted by molar-refractivity contribution is 0.404. The van der Waals surface area contributed by atoms with Crippen LogP contribution < -0.4 is 26.6 Å². The van der Waals surface area contributed by atoms with Crippen molar-refractivity contribution >= 4 is 17.6 Å². The lowest BCUT2D eigenvalue weighted by atomic mass is 9.96. The molecule has 2 atom stereocenters. The Bertz CT molecular complexity index is 865. The van der Waals surface area contributed by atoms with Gasteiger partial charge in [0, 0.05) is 48.9 Å². The van der Waals surface area contributed by atoms with Gasteiger partial charge in [-0.3, -0.25) is 0 Å². The van der Waals surface area contributed by atoms with Crippen molar-refractivity contribution in [3.63, 3.8) is 0 Å². The van der Waals surface area contributed by atoms with E-state index in [1.54, 1.807) is 0 Å². The molecule has 0 bridgehead atoms. The first-order chi connectivity index (χ1) is 16.7. The van der Waals surface area contributed by atoms with E-state index in [0.717, 1.165) is 48.6 Å². The molecule has 184 valence electrons. The molecular weight excluding hydrogens is 420 g/mol. The monoisotopic (exact) mass is 462 g/mol. The highest BCUT2D eigenvalue weighted by molar-refractivity contribution is 5.81. The van der Waals surface area contributed by atoms with Crippen LogP contribution in [0.25, 0.3) is 0 Å². The van der Waals surface area contributed by atoms with E-state index in [1.807, 2.05) is 24.4 Å². The van der Waals surface area contributed by atoms with Crippen molar-refractivity contribution in [3.05, 3.63) is 72.7 Å². The Labute approximate surface area is 205 Å². The number of rotatable bonds is 13. The average Bonchev–Trinajstić information content (AvgIpc) is 2.89. The van der Waals surface area contributed by atoms with Crippen LogP contribution in [-0.2, 0) is 0 Å². The molecular formula is C28H42N6. The minimum Gasteiger partial charge on any atom is -0.388 e. The Morgan fingerprint density at radius 1 is 1.21 bits per heavy atom. The Kier molecular flexibility index (Phi) is 10.6. The van der Waals surface area contributed by atoms with E-state index in [2.05, 4.69) is 70.6 Å². The molecule has 0 saturated heterocycles. The van der Waals surface area contributed by atoms with Gasteiger partial charge in [-0.05, 0) is 62.2 Å². The second-order valence-corrected chi connectivity index (χ2v) is 9.09. The summed E-state index contributed by atoms with van der Waals surface area (Å²) in [5, 5.41) is 25.4. The maximum Gasteiger partial charge on any atom is 0.0716 e. The van der Waals surface area contributed by atoms with Crippen molar-refractivity contribution < 1.29 is 0 Å². The smallest absolute Gasteiger partial charge is 0.0716 e. The molecule has 3 rings (SSSR count). The van der Waals surface area contributed by atoms with Gasteiger partial charge in [-0.15, -0.1) is 0 Å². The summed E-state index contributed by atoms with van der Waals surface area (Å²) in [5.41, 5.74) is 4.16. The lowest BCUT2D eigenvalue weighted by Gasteiger charge is -2.29. The van der Waals surface area contributed by atoms with Crippen molar-refractivity contribution in [3.8, 4) is 0 Å². The van der Waals surface area contributed by atoms with E-state index in [-0.39, 0.29) is 6.04 Å². The molecule has 0 amide bonds. The second-order valence-electron chi connectivity index (χ2n) is 9.09. The van der Waals surface area contributed by atoms with Crippen LogP contribution in [0, 0.1) is 5.41 Å². The van der Waals surface area contributed by atoms with E-state index < -0.39 is 0 Å². The third-order valence-corrected chi connectivity index (χ3v) is 6.65. The summed E-state index contributed by atoms with van der Waals surface area (Å²) in [4.78, 5) is 0. The van der Waals surface area contributed by atoms with E-state index in [4.69, 9.17) is 5.41 Å².